The van der Waals surface area contributed by atoms with E-state index < -0.39 is 0 Å². The first-order valence-corrected chi connectivity index (χ1v) is 9.58. The lowest BCUT2D eigenvalue weighted by Crippen LogP contribution is -2.53. The van der Waals surface area contributed by atoms with Gasteiger partial charge in [-0.15, -0.1) is 11.3 Å². The van der Waals surface area contributed by atoms with E-state index in [9.17, 15) is 5.11 Å². The molecule has 24 heavy (non-hydrogen) atoms. The Labute approximate surface area is 148 Å². The van der Waals surface area contributed by atoms with E-state index in [1.807, 2.05) is 0 Å². The Bertz CT molecular complexity index is 701. The molecule has 1 atom stereocenters. The van der Waals surface area contributed by atoms with Crippen molar-refractivity contribution in [2.75, 3.05) is 32.8 Å². The zero-order valence-electron chi connectivity index (χ0n) is 14.9. The van der Waals surface area contributed by atoms with Crippen molar-refractivity contribution in [3.8, 4) is 0 Å². The summed E-state index contributed by atoms with van der Waals surface area (Å²) in [5, 5.41) is 11.5. The van der Waals surface area contributed by atoms with Gasteiger partial charge < -0.3 is 5.11 Å². The fourth-order valence-corrected chi connectivity index (χ4v) is 4.19. The molecule has 2 aromatic heterocycles. The van der Waals surface area contributed by atoms with E-state index in [1.54, 1.807) is 11.3 Å². The number of fused-ring (bicyclic) bond motifs is 1. The average Bonchev–Trinajstić information content (AvgIpc) is 3.09. The topological polar surface area (TPSA) is 44.0 Å². The van der Waals surface area contributed by atoms with Gasteiger partial charge in [0.25, 0.3) is 0 Å². The minimum Gasteiger partial charge on any atom is -0.396 e. The number of piperazine rings is 1. The highest BCUT2D eigenvalue weighted by atomic mass is 32.1. The van der Waals surface area contributed by atoms with Crippen LogP contribution in [0.4, 0.5) is 0 Å². The van der Waals surface area contributed by atoms with Gasteiger partial charge in [0, 0.05) is 56.9 Å². The predicted octanol–water partition coefficient (Wildman–Crippen LogP) is 2.54. The zero-order valence-corrected chi connectivity index (χ0v) is 15.7. The van der Waals surface area contributed by atoms with Crippen LogP contribution >= 0.6 is 11.3 Å². The highest BCUT2D eigenvalue weighted by Gasteiger charge is 2.27. The van der Waals surface area contributed by atoms with Gasteiger partial charge in [-0.3, -0.25) is 14.2 Å². The van der Waals surface area contributed by atoms with Crippen molar-refractivity contribution in [3.63, 3.8) is 0 Å². The summed E-state index contributed by atoms with van der Waals surface area (Å²) in [6.07, 6.45) is 5.24. The van der Waals surface area contributed by atoms with Gasteiger partial charge in [0.05, 0.1) is 11.4 Å². The van der Waals surface area contributed by atoms with Crippen molar-refractivity contribution in [2.45, 2.75) is 39.8 Å². The van der Waals surface area contributed by atoms with Crippen LogP contribution in [0, 0.1) is 6.92 Å². The molecule has 0 aromatic carbocycles. The van der Waals surface area contributed by atoms with Crippen LogP contribution in [0.5, 0.6) is 0 Å². The van der Waals surface area contributed by atoms with Gasteiger partial charge in [-0.2, -0.15) is 0 Å². The average molecular weight is 349 g/mol. The molecule has 0 bridgehead atoms. The highest BCUT2D eigenvalue weighted by Crippen LogP contribution is 2.21. The lowest BCUT2D eigenvalue weighted by atomic mass is 10.1. The first kappa shape index (κ1) is 17.6. The molecule has 1 aliphatic rings. The summed E-state index contributed by atoms with van der Waals surface area (Å²) in [6, 6.07) is 0.422. The SMILES string of the molecule is CC(C)=CCN1CCN(Cc2c(C)nc3sccn23)C[C@H]1CCO. The van der Waals surface area contributed by atoms with Crippen LogP contribution in [-0.2, 0) is 6.54 Å². The summed E-state index contributed by atoms with van der Waals surface area (Å²) in [4.78, 5) is 10.7. The van der Waals surface area contributed by atoms with E-state index in [1.165, 1.54) is 11.3 Å². The molecule has 0 unspecified atom stereocenters. The van der Waals surface area contributed by atoms with Gasteiger partial charge in [-0.05, 0) is 27.2 Å². The monoisotopic (exact) mass is 348 g/mol. The maximum atomic E-state index is 9.44. The number of nitrogens with zero attached hydrogens (tertiary/aromatic N) is 4. The van der Waals surface area contributed by atoms with Crippen molar-refractivity contribution in [2.24, 2.45) is 0 Å². The van der Waals surface area contributed by atoms with Crippen molar-refractivity contribution in [1.82, 2.24) is 19.2 Å². The van der Waals surface area contributed by atoms with E-state index in [-0.39, 0.29) is 6.61 Å². The summed E-state index contributed by atoms with van der Waals surface area (Å²) < 4.78 is 2.22. The number of aliphatic hydroxyl groups is 1. The molecule has 3 heterocycles. The molecular formula is C18H28N4OS. The van der Waals surface area contributed by atoms with Crippen LogP contribution in [0.15, 0.2) is 23.2 Å². The first-order chi connectivity index (χ1) is 11.6. The van der Waals surface area contributed by atoms with Gasteiger partial charge in [0.2, 0.25) is 0 Å². The second-order valence-corrected chi connectivity index (χ2v) is 7.75. The van der Waals surface area contributed by atoms with Crippen LogP contribution in [-0.4, -0.2) is 63.1 Å². The third-order valence-electron chi connectivity index (χ3n) is 4.82. The third kappa shape index (κ3) is 3.88. The van der Waals surface area contributed by atoms with Gasteiger partial charge in [0.15, 0.2) is 4.96 Å². The number of allylic oxidation sites excluding steroid dienone is 1. The standard InChI is InChI=1S/C18H28N4OS/c1-14(2)4-6-21-8-7-20(12-16(21)5-10-23)13-17-15(3)19-18-22(17)9-11-24-18/h4,9,11,16,23H,5-8,10,12-13H2,1-3H3/t16-/m1/s1. The highest BCUT2D eigenvalue weighted by molar-refractivity contribution is 7.15. The van der Waals surface area contributed by atoms with Crippen molar-refractivity contribution in [1.29, 1.82) is 0 Å². The molecule has 3 rings (SSSR count). The smallest absolute Gasteiger partial charge is 0.194 e. The quantitative estimate of drug-likeness (QED) is 0.815. The van der Waals surface area contributed by atoms with Crippen molar-refractivity contribution < 1.29 is 5.11 Å². The number of aliphatic hydroxyl groups excluding tert-OH is 1. The molecule has 0 radical (unpaired) electrons. The predicted molar refractivity (Wildman–Crippen MR) is 99.6 cm³/mol. The number of aromatic nitrogens is 2. The van der Waals surface area contributed by atoms with Gasteiger partial charge in [-0.1, -0.05) is 11.6 Å². The van der Waals surface area contributed by atoms with Gasteiger partial charge >= 0.3 is 0 Å². The summed E-state index contributed by atoms with van der Waals surface area (Å²) in [5.41, 5.74) is 3.79. The second-order valence-electron chi connectivity index (χ2n) is 6.88. The number of hydrogen-bond donors (Lipinski definition) is 1. The Morgan fingerprint density at radius 2 is 2.25 bits per heavy atom. The zero-order chi connectivity index (χ0) is 17.1. The molecular weight excluding hydrogens is 320 g/mol. The normalized spacial score (nSPS) is 19.9. The lowest BCUT2D eigenvalue weighted by molar-refractivity contribution is 0.0628. The fraction of sp³-hybridized carbons (Fsp3) is 0.611. The Morgan fingerprint density at radius 1 is 1.42 bits per heavy atom. The molecule has 1 fully saturated rings. The van der Waals surface area contributed by atoms with Crippen LogP contribution in [0.3, 0.4) is 0 Å². The summed E-state index contributed by atoms with van der Waals surface area (Å²) in [6.45, 7) is 11.7. The molecule has 0 saturated carbocycles. The minimum absolute atomic E-state index is 0.254. The third-order valence-corrected chi connectivity index (χ3v) is 5.58. The molecule has 132 valence electrons. The van der Waals surface area contributed by atoms with Gasteiger partial charge in [-0.25, -0.2) is 4.98 Å². The first-order valence-electron chi connectivity index (χ1n) is 8.70. The molecule has 0 aliphatic carbocycles. The number of hydrogen-bond acceptors (Lipinski definition) is 5. The Kier molecular flexibility index (Phi) is 5.71. The van der Waals surface area contributed by atoms with Crippen LogP contribution in [0.1, 0.15) is 31.7 Å². The molecule has 0 amide bonds. The minimum atomic E-state index is 0.254. The lowest BCUT2D eigenvalue weighted by Gasteiger charge is -2.41. The van der Waals surface area contributed by atoms with Gasteiger partial charge in [0.1, 0.15) is 0 Å². The van der Waals surface area contributed by atoms with E-state index in [0.717, 1.165) is 49.8 Å². The van der Waals surface area contributed by atoms with E-state index >= 15 is 0 Å². The molecule has 5 nitrogen and oxygen atoms in total. The molecule has 6 heteroatoms. The Hall–Kier alpha value is -1.21. The molecule has 2 aromatic rings. The van der Waals surface area contributed by atoms with Crippen molar-refractivity contribution >= 4 is 16.3 Å². The van der Waals surface area contributed by atoms with Crippen LogP contribution in [0.25, 0.3) is 4.96 Å². The molecule has 1 saturated heterocycles. The van der Waals surface area contributed by atoms with E-state index in [0.29, 0.717) is 6.04 Å². The van der Waals surface area contributed by atoms with E-state index in [4.69, 9.17) is 0 Å². The van der Waals surface area contributed by atoms with Crippen LogP contribution in [0.2, 0.25) is 0 Å². The largest absolute Gasteiger partial charge is 0.396 e. The summed E-state index contributed by atoms with van der Waals surface area (Å²) in [7, 11) is 0. The maximum absolute atomic E-state index is 9.44. The molecule has 1 aliphatic heterocycles. The fourth-order valence-electron chi connectivity index (χ4n) is 3.41. The number of thiazole rings is 1. The number of aryl methyl sites for hydroxylation is 1. The summed E-state index contributed by atoms with van der Waals surface area (Å²) >= 11 is 1.69. The molecule has 0 spiro atoms. The Morgan fingerprint density at radius 3 is 3.00 bits per heavy atom. The maximum Gasteiger partial charge on any atom is 0.194 e. The summed E-state index contributed by atoms with van der Waals surface area (Å²) in [5.74, 6) is 0. The second kappa shape index (κ2) is 7.78. The molecule has 1 N–H and O–H groups in total. The Balaban J connectivity index is 1.68. The van der Waals surface area contributed by atoms with Crippen molar-refractivity contribution in [3.05, 3.63) is 34.6 Å². The number of rotatable bonds is 6. The van der Waals surface area contributed by atoms with E-state index in [2.05, 4.69) is 57.6 Å². The van der Waals surface area contributed by atoms with Crippen LogP contribution < -0.4 is 0 Å². The number of imidazole rings is 1.